The van der Waals surface area contributed by atoms with Gasteiger partial charge in [-0.1, -0.05) is 164 Å². The van der Waals surface area contributed by atoms with Crippen LogP contribution in [0.2, 0.25) is 0 Å². The molecular formula is C73H44N6O. The van der Waals surface area contributed by atoms with Gasteiger partial charge in [0.05, 0.1) is 33.1 Å². The van der Waals surface area contributed by atoms with Crippen LogP contribution in [0.15, 0.2) is 271 Å². The predicted molar refractivity (Wildman–Crippen MR) is 329 cm³/mol. The fourth-order valence-corrected chi connectivity index (χ4v) is 12.8. The van der Waals surface area contributed by atoms with Crippen molar-refractivity contribution in [2.75, 3.05) is 0 Å². The van der Waals surface area contributed by atoms with Crippen LogP contribution in [0.25, 0.3) is 160 Å². The van der Waals surface area contributed by atoms with E-state index in [0.717, 1.165) is 121 Å². The zero-order valence-electron chi connectivity index (χ0n) is 43.0. The van der Waals surface area contributed by atoms with Crippen LogP contribution in [-0.4, -0.2) is 28.7 Å². The Morgan fingerprint density at radius 1 is 0.250 bits per heavy atom. The third kappa shape index (κ3) is 6.64. The summed E-state index contributed by atoms with van der Waals surface area (Å²) in [7, 11) is 0. The van der Waals surface area contributed by atoms with Gasteiger partial charge < -0.3 is 18.1 Å². The molecule has 372 valence electrons. The molecule has 12 aromatic carbocycles. The smallest absolute Gasteiger partial charge is 0.166 e. The van der Waals surface area contributed by atoms with Crippen molar-refractivity contribution in [2.24, 2.45) is 0 Å². The summed E-state index contributed by atoms with van der Waals surface area (Å²) in [5.74, 6) is 1.67. The molecule has 0 unspecified atom stereocenters. The molecule has 0 aliphatic rings. The third-order valence-electron chi connectivity index (χ3n) is 16.3. The van der Waals surface area contributed by atoms with Crippen LogP contribution in [0, 0.1) is 0 Å². The third-order valence-corrected chi connectivity index (χ3v) is 16.3. The molecule has 0 radical (unpaired) electrons. The van der Waals surface area contributed by atoms with Crippen molar-refractivity contribution in [3.8, 4) is 62.4 Å². The van der Waals surface area contributed by atoms with Gasteiger partial charge in [-0.15, -0.1) is 0 Å². The molecule has 0 aliphatic carbocycles. The standard InChI is InChI=1S/C73H44N6O/c1-3-21-48(22-4-1)78-64-34-14-9-25-51(64)56-29-17-31-59(69(56)78)72-74-71(75-73(76-72)60-32-18-30-57-52-26-10-15-35-65(52)79(70(57)60)49-23-5-2-6-24-49)58-40-38-50(44-61(58)47-37-39-55-54-28-12-16-36-67(54)80-68(55)43-47)77-63-33-13-11-27-53(63)62-41-45-19-7-8-20-46(45)42-66(62)77/h1-44H. The van der Waals surface area contributed by atoms with E-state index in [4.69, 9.17) is 19.4 Å². The topological polar surface area (TPSA) is 66.6 Å². The van der Waals surface area contributed by atoms with Gasteiger partial charge in [-0.25, -0.2) is 15.0 Å². The summed E-state index contributed by atoms with van der Waals surface area (Å²) >= 11 is 0. The van der Waals surface area contributed by atoms with Gasteiger partial charge in [0.1, 0.15) is 11.2 Å². The SMILES string of the molecule is c1ccc(-n2c3ccccc3c3cccc(-c4nc(-c5ccc(-n6c7ccccc7c7cc8ccccc8cc76)cc5-c5ccc6c(c5)oc5ccccc56)nc(-c5cccc6c7ccccc7n(-c7ccccc7)c56)n4)c32)cc1. The van der Waals surface area contributed by atoms with Crippen molar-refractivity contribution >= 4 is 98.1 Å². The Bertz CT molecular complexity index is 5200. The first kappa shape index (κ1) is 44.3. The summed E-state index contributed by atoms with van der Waals surface area (Å²) in [6.07, 6.45) is 0. The van der Waals surface area contributed by atoms with Crippen molar-refractivity contribution in [1.29, 1.82) is 0 Å². The predicted octanol–water partition coefficient (Wildman–Crippen LogP) is 18.9. The largest absolute Gasteiger partial charge is 0.456 e. The molecule has 0 bridgehead atoms. The van der Waals surface area contributed by atoms with E-state index in [2.05, 4.69) is 268 Å². The minimum absolute atomic E-state index is 0.545. The zero-order chi connectivity index (χ0) is 52.4. The van der Waals surface area contributed by atoms with Crippen molar-refractivity contribution < 1.29 is 4.42 Å². The minimum Gasteiger partial charge on any atom is -0.456 e. The Morgan fingerprint density at radius 2 is 0.725 bits per heavy atom. The lowest BCUT2D eigenvalue weighted by Crippen LogP contribution is -2.04. The lowest BCUT2D eigenvalue weighted by atomic mass is 9.96. The van der Waals surface area contributed by atoms with E-state index in [1.165, 1.54) is 21.5 Å². The maximum atomic E-state index is 6.65. The summed E-state index contributed by atoms with van der Waals surface area (Å²) in [4.78, 5) is 17.1. The number of furan rings is 1. The highest BCUT2D eigenvalue weighted by Crippen LogP contribution is 2.44. The molecular weight excluding hydrogens is 977 g/mol. The number of benzene rings is 12. The molecule has 5 aromatic heterocycles. The van der Waals surface area contributed by atoms with Gasteiger partial charge in [0.25, 0.3) is 0 Å². The Hall–Kier alpha value is -10.9. The Morgan fingerprint density at radius 3 is 1.34 bits per heavy atom. The number of para-hydroxylation sites is 8. The van der Waals surface area contributed by atoms with Crippen molar-refractivity contribution in [1.82, 2.24) is 28.7 Å². The molecule has 7 nitrogen and oxygen atoms in total. The van der Waals surface area contributed by atoms with Crippen LogP contribution in [-0.2, 0) is 0 Å². The number of fused-ring (bicyclic) bond motifs is 13. The van der Waals surface area contributed by atoms with Crippen LogP contribution in [0.3, 0.4) is 0 Å². The molecule has 0 saturated heterocycles. The number of aromatic nitrogens is 6. The summed E-state index contributed by atoms with van der Waals surface area (Å²) in [6, 6.07) is 95.1. The first-order chi connectivity index (χ1) is 39.7. The summed E-state index contributed by atoms with van der Waals surface area (Å²) < 4.78 is 13.8. The van der Waals surface area contributed by atoms with Gasteiger partial charge >= 0.3 is 0 Å². The molecule has 17 aromatic rings. The molecule has 0 amide bonds. The maximum absolute atomic E-state index is 6.65. The monoisotopic (exact) mass is 1020 g/mol. The molecule has 0 atom stereocenters. The molecule has 17 rings (SSSR count). The van der Waals surface area contributed by atoms with E-state index < -0.39 is 0 Å². The Balaban J connectivity index is 0.985. The van der Waals surface area contributed by atoms with Crippen LogP contribution in [0.4, 0.5) is 0 Å². The number of hydrogen-bond donors (Lipinski definition) is 0. The van der Waals surface area contributed by atoms with E-state index >= 15 is 0 Å². The van der Waals surface area contributed by atoms with Crippen molar-refractivity contribution in [3.63, 3.8) is 0 Å². The van der Waals surface area contributed by atoms with Crippen molar-refractivity contribution in [2.45, 2.75) is 0 Å². The zero-order valence-corrected chi connectivity index (χ0v) is 43.0. The fraction of sp³-hybridized carbons (Fsp3) is 0. The van der Waals surface area contributed by atoms with Crippen LogP contribution >= 0.6 is 0 Å². The lowest BCUT2D eigenvalue weighted by molar-refractivity contribution is 0.669. The first-order valence-electron chi connectivity index (χ1n) is 27.1. The average molecular weight is 1020 g/mol. The van der Waals surface area contributed by atoms with Crippen LogP contribution in [0.5, 0.6) is 0 Å². The maximum Gasteiger partial charge on any atom is 0.166 e. The van der Waals surface area contributed by atoms with Gasteiger partial charge in [-0.05, 0) is 125 Å². The highest BCUT2D eigenvalue weighted by molar-refractivity contribution is 6.16. The van der Waals surface area contributed by atoms with Crippen molar-refractivity contribution in [3.05, 3.63) is 267 Å². The number of nitrogens with zero attached hydrogens (tertiary/aromatic N) is 6. The number of hydrogen-bond acceptors (Lipinski definition) is 4. The van der Waals surface area contributed by atoms with E-state index in [1.54, 1.807) is 0 Å². The number of rotatable bonds is 7. The summed E-state index contributed by atoms with van der Waals surface area (Å²) in [6.45, 7) is 0. The highest BCUT2D eigenvalue weighted by Gasteiger charge is 2.25. The fourth-order valence-electron chi connectivity index (χ4n) is 12.8. The van der Waals surface area contributed by atoms with E-state index in [9.17, 15) is 0 Å². The molecule has 80 heavy (non-hydrogen) atoms. The molecule has 7 heteroatoms. The average Bonchev–Trinajstić information content (AvgIpc) is 4.30. The van der Waals surface area contributed by atoms with Gasteiger partial charge in [0.2, 0.25) is 0 Å². The second-order valence-electron chi connectivity index (χ2n) is 20.7. The van der Waals surface area contributed by atoms with Crippen LogP contribution in [0.1, 0.15) is 0 Å². The first-order valence-corrected chi connectivity index (χ1v) is 27.1. The molecule has 0 aliphatic heterocycles. The minimum atomic E-state index is 0.545. The van der Waals surface area contributed by atoms with Gasteiger partial charge in [-0.3, -0.25) is 0 Å². The molecule has 0 saturated carbocycles. The van der Waals surface area contributed by atoms with E-state index in [1.807, 2.05) is 12.1 Å². The Labute approximate surface area is 458 Å². The van der Waals surface area contributed by atoms with Gasteiger partial charge in [0.15, 0.2) is 17.5 Å². The Kier molecular flexibility index (Phi) is 9.58. The molecule has 0 N–H and O–H groups in total. The second-order valence-corrected chi connectivity index (χ2v) is 20.7. The second kappa shape index (κ2) is 17.3. The van der Waals surface area contributed by atoms with Gasteiger partial charge in [0, 0.05) is 76.8 Å². The van der Waals surface area contributed by atoms with Gasteiger partial charge in [-0.2, -0.15) is 0 Å². The normalized spacial score (nSPS) is 12.0. The molecule has 5 heterocycles. The highest BCUT2D eigenvalue weighted by atomic mass is 16.3. The van der Waals surface area contributed by atoms with E-state index in [0.29, 0.717) is 17.5 Å². The summed E-state index contributed by atoms with van der Waals surface area (Å²) in [5.41, 5.74) is 15.8. The summed E-state index contributed by atoms with van der Waals surface area (Å²) in [5, 5.41) is 11.4. The van der Waals surface area contributed by atoms with E-state index in [-0.39, 0.29) is 0 Å². The molecule has 0 fully saturated rings. The quantitative estimate of drug-likeness (QED) is 0.160. The molecule has 0 spiro atoms. The van der Waals surface area contributed by atoms with Crippen LogP contribution < -0.4 is 0 Å². The lowest BCUT2D eigenvalue weighted by Gasteiger charge is -2.17.